The minimum atomic E-state index is 0. The first-order valence-electron chi connectivity index (χ1n) is 0.577. The maximum atomic E-state index is 4.50. The van der Waals surface area contributed by atoms with Gasteiger partial charge in [-0.2, -0.15) is 0 Å². The Balaban J connectivity index is -0.000000000833. The van der Waals surface area contributed by atoms with Crippen molar-refractivity contribution in [1.82, 2.24) is 0 Å². The van der Waals surface area contributed by atoms with Crippen molar-refractivity contribution in [3.63, 3.8) is 0 Å². The molecule has 0 rings (SSSR count). The van der Waals surface area contributed by atoms with Crippen molar-refractivity contribution >= 4 is 49.6 Å². The molecule has 5 heteroatoms. The highest BCUT2D eigenvalue weighted by Gasteiger charge is 0.836. The summed E-state index contributed by atoms with van der Waals surface area (Å²) in [6, 6.07) is 0. The van der Waals surface area contributed by atoms with Gasteiger partial charge in [0.2, 0.25) is 0 Å². The highest BCUT2D eigenvalue weighted by Crippen LogP contribution is 0.693. The molecular formula is CH9Cl4N. The Morgan fingerprint density at radius 2 is 0.667 bits per heavy atom. The Kier molecular flexibility index (Phi) is 1260. The Bertz CT molecular complexity index is 7.51. The van der Waals surface area contributed by atoms with Crippen LogP contribution in [0.25, 0.3) is 0 Å². The Morgan fingerprint density at radius 1 is 0.667 bits per heavy atom. The van der Waals surface area contributed by atoms with E-state index in [1.807, 2.05) is 0 Å². The first-order valence-corrected chi connectivity index (χ1v) is 0.577. The third-order valence-corrected chi connectivity index (χ3v) is 0. The van der Waals surface area contributed by atoms with E-state index in [1.165, 1.54) is 7.05 Å². The fourth-order valence-electron chi connectivity index (χ4n) is 0. The largest absolute Gasteiger partial charge is 0.333 e. The predicted molar refractivity (Wildman–Crippen MR) is 39.1 cm³/mol. The van der Waals surface area contributed by atoms with Crippen molar-refractivity contribution in [3.05, 3.63) is 0 Å². The van der Waals surface area contributed by atoms with Crippen molar-refractivity contribution < 1.29 is 0 Å². The van der Waals surface area contributed by atoms with Gasteiger partial charge in [0.25, 0.3) is 0 Å². The molecule has 6 heavy (non-hydrogen) atoms. The first kappa shape index (κ1) is 59.3. The standard InChI is InChI=1S/CH5N.4ClH/c1-2;;;;/h2H2,1H3;4*1H. The first-order chi connectivity index (χ1) is 1.00. The molecule has 46 valence electrons. The number of halogens is 4. The molecular weight excluding hydrogens is 168 g/mol. The lowest BCUT2D eigenvalue weighted by atomic mass is 11.6. The van der Waals surface area contributed by atoms with Crippen LogP contribution in [0.4, 0.5) is 0 Å². The Hall–Kier alpha value is 1.12. The highest BCUT2D eigenvalue weighted by molar-refractivity contribution is 5.86. The van der Waals surface area contributed by atoms with Crippen molar-refractivity contribution in [3.8, 4) is 0 Å². The molecule has 1 nitrogen and oxygen atoms in total. The molecule has 0 aliphatic heterocycles. The zero-order valence-electron chi connectivity index (χ0n) is 3.21. The van der Waals surface area contributed by atoms with Crippen LogP contribution in [0.5, 0.6) is 0 Å². The minimum absolute atomic E-state index is 0. The fourth-order valence-corrected chi connectivity index (χ4v) is 0. The molecule has 0 bridgehead atoms. The van der Waals surface area contributed by atoms with Gasteiger partial charge in [0.05, 0.1) is 0 Å². The van der Waals surface area contributed by atoms with Gasteiger partial charge in [-0.05, 0) is 7.05 Å². The normalized spacial score (nSPS) is 1.00. The Morgan fingerprint density at radius 3 is 0.667 bits per heavy atom. The molecule has 0 aromatic heterocycles. The third-order valence-electron chi connectivity index (χ3n) is 0. The van der Waals surface area contributed by atoms with Gasteiger partial charge in [-0.1, -0.05) is 0 Å². The molecule has 0 radical (unpaired) electrons. The van der Waals surface area contributed by atoms with Gasteiger partial charge in [-0.3, -0.25) is 0 Å². The highest BCUT2D eigenvalue weighted by atomic mass is 35.5. The van der Waals surface area contributed by atoms with E-state index in [0.29, 0.717) is 0 Å². The average Bonchev–Trinajstić information content (AvgIpc) is 1.00. The van der Waals surface area contributed by atoms with Crippen LogP contribution in [0, 0.1) is 0 Å². The molecule has 0 aromatic carbocycles. The smallest absolute Gasteiger partial charge is 0.0195 e. The number of nitrogens with two attached hydrogens (primary N) is 1. The molecule has 0 aromatic rings. The van der Waals surface area contributed by atoms with Crippen LogP contribution in [-0.2, 0) is 0 Å². The van der Waals surface area contributed by atoms with Crippen LogP contribution in [0.15, 0.2) is 0 Å². The molecule has 2 N–H and O–H groups in total. The number of hydrogen-bond acceptors (Lipinski definition) is 1. The maximum absolute atomic E-state index is 4.50. The maximum Gasteiger partial charge on any atom is -0.0195 e. The van der Waals surface area contributed by atoms with E-state index in [4.69, 9.17) is 0 Å². The van der Waals surface area contributed by atoms with Crippen molar-refractivity contribution in [2.24, 2.45) is 5.73 Å². The molecule has 0 saturated carbocycles. The van der Waals surface area contributed by atoms with Crippen molar-refractivity contribution in [2.45, 2.75) is 0 Å². The van der Waals surface area contributed by atoms with Crippen LogP contribution in [0.2, 0.25) is 0 Å². The monoisotopic (exact) mass is 175 g/mol. The summed E-state index contributed by atoms with van der Waals surface area (Å²) in [4.78, 5) is 0. The van der Waals surface area contributed by atoms with Gasteiger partial charge in [0, 0.05) is 0 Å². The fraction of sp³-hybridized carbons (Fsp3) is 1.00. The summed E-state index contributed by atoms with van der Waals surface area (Å²) in [7, 11) is 1.50. The molecule has 0 heterocycles. The third kappa shape index (κ3) is 69.3. The molecule has 0 saturated heterocycles. The second kappa shape index (κ2) is 128. The van der Waals surface area contributed by atoms with Crippen molar-refractivity contribution in [1.29, 1.82) is 0 Å². The van der Waals surface area contributed by atoms with Crippen molar-refractivity contribution in [2.75, 3.05) is 7.05 Å². The molecule has 0 amide bonds. The topological polar surface area (TPSA) is 26.0 Å². The van der Waals surface area contributed by atoms with Crippen LogP contribution >= 0.6 is 49.6 Å². The van der Waals surface area contributed by atoms with E-state index >= 15 is 0 Å². The van der Waals surface area contributed by atoms with E-state index in [0.717, 1.165) is 0 Å². The minimum Gasteiger partial charge on any atom is -0.333 e. The van der Waals surface area contributed by atoms with E-state index in [9.17, 15) is 0 Å². The SMILES string of the molecule is CN.Cl.Cl.Cl.Cl. The van der Waals surface area contributed by atoms with Gasteiger partial charge >= 0.3 is 0 Å². The molecule has 0 unspecified atom stereocenters. The zero-order chi connectivity index (χ0) is 2.00. The van der Waals surface area contributed by atoms with Gasteiger partial charge in [-0.15, -0.1) is 49.6 Å². The summed E-state index contributed by atoms with van der Waals surface area (Å²) in [5.41, 5.74) is 4.50. The summed E-state index contributed by atoms with van der Waals surface area (Å²) in [5.74, 6) is 0. The van der Waals surface area contributed by atoms with E-state index < -0.39 is 0 Å². The summed E-state index contributed by atoms with van der Waals surface area (Å²) in [5, 5.41) is 0. The number of hydrogen-bond donors (Lipinski definition) is 1. The van der Waals surface area contributed by atoms with Gasteiger partial charge < -0.3 is 5.73 Å². The molecule has 0 aliphatic carbocycles. The van der Waals surface area contributed by atoms with Crippen LogP contribution in [0.1, 0.15) is 0 Å². The summed E-state index contributed by atoms with van der Waals surface area (Å²) < 4.78 is 0. The average molecular weight is 177 g/mol. The van der Waals surface area contributed by atoms with E-state index in [2.05, 4.69) is 5.73 Å². The second-order valence-corrected chi connectivity index (χ2v) is 0. The Labute approximate surface area is 62.7 Å². The zero-order valence-corrected chi connectivity index (χ0v) is 6.48. The molecule has 0 fully saturated rings. The van der Waals surface area contributed by atoms with Crippen LogP contribution in [0.3, 0.4) is 0 Å². The van der Waals surface area contributed by atoms with Gasteiger partial charge in [-0.25, -0.2) is 0 Å². The van der Waals surface area contributed by atoms with Gasteiger partial charge in [0.15, 0.2) is 0 Å². The second-order valence-electron chi connectivity index (χ2n) is 0. The lowest BCUT2D eigenvalue weighted by Crippen LogP contribution is -1.69. The quantitative estimate of drug-likeness (QED) is 0.592. The van der Waals surface area contributed by atoms with Crippen LogP contribution < -0.4 is 5.73 Å². The summed E-state index contributed by atoms with van der Waals surface area (Å²) in [6.07, 6.45) is 0. The predicted octanol–water partition coefficient (Wildman–Crippen LogP) is 1.26. The molecule has 0 aliphatic rings. The van der Waals surface area contributed by atoms with Crippen LogP contribution in [-0.4, -0.2) is 7.05 Å². The molecule has 0 atom stereocenters. The summed E-state index contributed by atoms with van der Waals surface area (Å²) >= 11 is 0. The summed E-state index contributed by atoms with van der Waals surface area (Å²) in [6.45, 7) is 0. The van der Waals surface area contributed by atoms with E-state index in [-0.39, 0.29) is 49.6 Å². The number of rotatable bonds is 0. The van der Waals surface area contributed by atoms with E-state index in [1.54, 1.807) is 0 Å². The lowest BCUT2D eigenvalue weighted by molar-refractivity contribution is 1.48. The lowest BCUT2D eigenvalue weighted by Gasteiger charge is -1.19. The molecule has 0 spiro atoms. The van der Waals surface area contributed by atoms with Gasteiger partial charge in [0.1, 0.15) is 0 Å².